The van der Waals surface area contributed by atoms with Crippen LogP contribution < -0.4 is 10.5 Å². The van der Waals surface area contributed by atoms with Crippen molar-refractivity contribution in [1.29, 1.82) is 0 Å². The number of hydrogen-bond donors (Lipinski definition) is 1. The molecule has 0 bridgehead atoms. The zero-order valence-electron chi connectivity index (χ0n) is 11.1. The van der Waals surface area contributed by atoms with E-state index in [9.17, 15) is 9.18 Å². The van der Waals surface area contributed by atoms with Gasteiger partial charge in [0.05, 0.1) is 7.11 Å². The Balaban J connectivity index is 2.95. The summed E-state index contributed by atoms with van der Waals surface area (Å²) in [4.78, 5) is 12.2. The van der Waals surface area contributed by atoms with E-state index >= 15 is 0 Å². The smallest absolute Gasteiger partial charge is 0.168 e. The van der Waals surface area contributed by atoms with Gasteiger partial charge in [0, 0.05) is 18.4 Å². The molecule has 0 saturated heterocycles. The first-order valence-corrected chi connectivity index (χ1v) is 6.03. The Bertz CT molecular complexity index is 428. The highest BCUT2D eigenvalue weighted by Crippen LogP contribution is 2.26. The lowest BCUT2D eigenvalue weighted by Crippen LogP contribution is -2.36. The van der Waals surface area contributed by atoms with Crippen LogP contribution >= 0.6 is 0 Å². The molecule has 0 heterocycles. The average Bonchev–Trinajstić information content (AvgIpc) is 2.40. The maximum absolute atomic E-state index is 13.9. The van der Waals surface area contributed by atoms with E-state index in [1.165, 1.54) is 13.2 Å². The summed E-state index contributed by atoms with van der Waals surface area (Å²) >= 11 is 0. The Hall–Kier alpha value is -1.42. The van der Waals surface area contributed by atoms with E-state index in [2.05, 4.69) is 0 Å². The summed E-state index contributed by atoms with van der Waals surface area (Å²) in [5.74, 6) is -0.352. The van der Waals surface area contributed by atoms with Crippen LogP contribution in [-0.4, -0.2) is 19.4 Å². The van der Waals surface area contributed by atoms with E-state index in [4.69, 9.17) is 10.5 Å². The molecule has 0 aliphatic rings. The zero-order chi connectivity index (χ0) is 13.8. The molecule has 0 radical (unpaired) electrons. The number of methoxy groups -OCH3 is 1. The fraction of sp³-hybridized carbons (Fsp3) is 0.500. The number of rotatable bonds is 6. The zero-order valence-corrected chi connectivity index (χ0v) is 11.1. The van der Waals surface area contributed by atoms with E-state index < -0.39 is 11.2 Å². The molecular weight excluding hydrogens is 233 g/mol. The Kier molecular flexibility index (Phi) is 4.84. The molecule has 1 aromatic rings. The molecule has 0 aliphatic heterocycles. The van der Waals surface area contributed by atoms with Crippen LogP contribution in [0, 0.1) is 11.2 Å². The number of carbonyl (C=O) groups excluding carboxylic acids is 1. The van der Waals surface area contributed by atoms with Gasteiger partial charge in [0.25, 0.3) is 0 Å². The third-order valence-electron chi connectivity index (χ3n) is 3.52. The van der Waals surface area contributed by atoms with E-state index in [0.29, 0.717) is 12.0 Å². The topological polar surface area (TPSA) is 52.3 Å². The largest absolute Gasteiger partial charge is 0.494 e. The predicted molar refractivity (Wildman–Crippen MR) is 69.1 cm³/mol. The first kappa shape index (κ1) is 14.6. The van der Waals surface area contributed by atoms with Gasteiger partial charge in [-0.2, -0.15) is 0 Å². The van der Waals surface area contributed by atoms with Crippen LogP contribution in [0.5, 0.6) is 5.75 Å². The van der Waals surface area contributed by atoms with Crippen LogP contribution in [-0.2, 0) is 11.2 Å². The minimum absolute atomic E-state index is 0.0420. The van der Waals surface area contributed by atoms with Gasteiger partial charge in [-0.15, -0.1) is 0 Å². The molecule has 100 valence electrons. The van der Waals surface area contributed by atoms with Crippen molar-refractivity contribution in [3.05, 3.63) is 29.6 Å². The SMILES string of the molecule is CCC(C)(CN)C(=O)Cc1cccc(OC)c1F. The van der Waals surface area contributed by atoms with Gasteiger partial charge in [0.2, 0.25) is 0 Å². The van der Waals surface area contributed by atoms with Crippen molar-refractivity contribution in [2.24, 2.45) is 11.1 Å². The molecule has 0 aromatic heterocycles. The summed E-state index contributed by atoms with van der Waals surface area (Å²) in [6.07, 6.45) is 0.693. The van der Waals surface area contributed by atoms with Gasteiger partial charge in [-0.3, -0.25) is 4.79 Å². The van der Waals surface area contributed by atoms with Crippen molar-refractivity contribution < 1.29 is 13.9 Å². The molecule has 0 spiro atoms. The number of ketones is 1. The summed E-state index contributed by atoms with van der Waals surface area (Å²) in [5.41, 5.74) is 5.39. The molecule has 3 nitrogen and oxygen atoms in total. The first-order chi connectivity index (χ1) is 8.48. The fourth-order valence-electron chi connectivity index (χ4n) is 1.69. The summed E-state index contributed by atoms with van der Waals surface area (Å²) in [6.45, 7) is 3.99. The van der Waals surface area contributed by atoms with E-state index in [-0.39, 0.29) is 24.5 Å². The summed E-state index contributed by atoms with van der Waals surface area (Å²) in [6, 6.07) is 4.81. The van der Waals surface area contributed by atoms with Crippen molar-refractivity contribution in [1.82, 2.24) is 0 Å². The number of carbonyl (C=O) groups is 1. The fourth-order valence-corrected chi connectivity index (χ4v) is 1.69. The Morgan fingerprint density at radius 2 is 2.17 bits per heavy atom. The molecule has 0 fully saturated rings. The van der Waals surface area contributed by atoms with Gasteiger partial charge in [-0.25, -0.2) is 4.39 Å². The van der Waals surface area contributed by atoms with Crippen LogP contribution in [0.1, 0.15) is 25.8 Å². The minimum Gasteiger partial charge on any atom is -0.494 e. The summed E-state index contributed by atoms with van der Waals surface area (Å²) in [7, 11) is 1.40. The van der Waals surface area contributed by atoms with Gasteiger partial charge in [0.15, 0.2) is 11.6 Å². The monoisotopic (exact) mass is 253 g/mol. The lowest BCUT2D eigenvalue weighted by Gasteiger charge is -2.24. The van der Waals surface area contributed by atoms with Gasteiger partial charge >= 0.3 is 0 Å². The summed E-state index contributed by atoms with van der Waals surface area (Å²) in [5, 5.41) is 0. The molecule has 2 N–H and O–H groups in total. The molecule has 1 unspecified atom stereocenters. The minimum atomic E-state index is -0.588. The summed E-state index contributed by atoms with van der Waals surface area (Å²) < 4.78 is 18.8. The van der Waals surface area contributed by atoms with Gasteiger partial charge < -0.3 is 10.5 Å². The number of benzene rings is 1. The molecule has 1 atom stereocenters. The molecule has 0 saturated carbocycles. The van der Waals surface area contributed by atoms with Gasteiger partial charge in [-0.1, -0.05) is 26.0 Å². The van der Waals surface area contributed by atoms with E-state index in [0.717, 1.165) is 0 Å². The number of nitrogens with two attached hydrogens (primary N) is 1. The molecule has 0 amide bonds. The maximum atomic E-state index is 13.9. The molecular formula is C14H20FNO2. The van der Waals surface area contributed by atoms with Gasteiger partial charge in [-0.05, 0) is 18.1 Å². The number of halogens is 1. The van der Waals surface area contributed by atoms with Gasteiger partial charge in [0.1, 0.15) is 5.78 Å². The van der Waals surface area contributed by atoms with Crippen molar-refractivity contribution in [3.8, 4) is 5.75 Å². The van der Waals surface area contributed by atoms with Crippen molar-refractivity contribution in [2.45, 2.75) is 26.7 Å². The standard InChI is InChI=1S/C14H20FNO2/c1-4-14(2,9-16)12(17)8-10-6-5-7-11(18-3)13(10)15/h5-7H,4,8-9,16H2,1-3H3. The predicted octanol–water partition coefficient (Wildman–Crippen LogP) is 2.32. The third kappa shape index (κ3) is 2.88. The first-order valence-electron chi connectivity index (χ1n) is 6.03. The molecule has 4 heteroatoms. The highest BCUT2D eigenvalue weighted by Gasteiger charge is 2.30. The maximum Gasteiger partial charge on any atom is 0.168 e. The van der Waals surface area contributed by atoms with Crippen LogP contribution in [0.15, 0.2) is 18.2 Å². The van der Waals surface area contributed by atoms with Crippen molar-refractivity contribution in [2.75, 3.05) is 13.7 Å². The van der Waals surface area contributed by atoms with E-state index in [1.54, 1.807) is 12.1 Å². The van der Waals surface area contributed by atoms with Crippen molar-refractivity contribution >= 4 is 5.78 Å². The third-order valence-corrected chi connectivity index (χ3v) is 3.52. The van der Waals surface area contributed by atoms with Crippen LogP contribution in [0.2, 0.25) is 0 Å². The normalized spacial score (nSPS) is 14.1. The molecule has 0 aliphatic carbocycles. The molecule has 18 heavy (non-hydrogen) atoms. The number of ether oxygens (including phenoxy) is 1. The Morgan fingerprint density at radius 1 is 1.50 bits per heavy atom. The average molecular weight is 253 g/mol. The second kappa shape index (κ2) is 5.96. The Labute approximate surface area is 107 Å². The number of hydrogen-bond acceptors (Lipinski definition) is 3. The second-order valence-electron chi connectivity index (χ2n) is 4.65. The molecule has 1 aromatic carbocycles. The lowest BCUT2D eigenvalue weighted by molar-refractivity contribution is -0.127. The van der Waals surface area contributed by atoms with Crippen molar-refractivity contribution in [3.63, 3.8) is 0 Å². The van der Waals surface area contributed by atoms with Crippen LogP contribution in [0.4, 0.5) is 4.39 Å². The quantitative estimate of drug-likeness (QED) is 0.846. The Morgan fingerprint density at radius 3 is 2.67 bits per heavy atom. The number of Topliss-reactive ketones (excluding diaryl/α,β-unsaturated/α-hetero) is 1. The lowest BCUT2D eigenvalue weighted by atomic mass is 9.80. The highest BCUT2D eigenvalue weighted by atomic mass is 19.1. The molecule has 1 rings (SSSR count). The van der Waals surface area contributed by atoms with Crippen LogP contribution in [0.3, 0.4) is 0 Å². The van der Waals surface area contributed by atoms with E-state index in [1.807, 2.05) is 13.8 Å². The highest BCUT2D eigenvalue weighted by molar-refractivity contribution is 5.86. The second-order valence-corrected chi connectivity index (χ2v) is 4.65. The van der Waals surface area contributed by atoms with Crippen LogP contribution in [0.25, 0.3) is 0 Å².